The first kappa shape index (κ1) is 12.3. The van der Waals surface area contributed by atoms with Gasteiger partial charge in [-0.3, -0.25) is 0 Å². The van der Waals surface area contributed by atoms with E-state index in [0.29, 0.717) is 12.5 Å². The molecular formula is C12H18N2O3. The minimum absolute atomic E-state index is 0.0720. The smallest absolute Gasteiger partial charge is 0.212 e. The van der Waals surface area contributed by atoms with Gasteiger partial charge in [-0.15, -0.1) is 0 Å². The number of ether oxygens (including phenoxy) is 3. The van der Waals surface area contributed by atoms with Crippen molar-refractivity contribution in [3.8, 4) is 5.88 Å². The fourth-order valence-electron chi connectivity index (χ4n) is 1.72. The van der Waals surface area contributed by atoms with Crippen molar-refractivity contribution < 1.29 is 14.2 Å². The van der Waals surface area contributed by atoms with Crippen LogP contribution in [0.25, 0.3) is 0 Å². The molecule has 5 nitrogen and oxygen atoms in total. The maximum atomic E-state index is 6.07. The molecule has 2 unspecified atom stereocenters. The van der Waals surface area contributed by atoms with E-state index in [9.17, 15) is 0 Å². The van der Waals surface area contributed by atoms with E-state index < -0.39 is 0 Å². The third kappa shape index (κ3) is 3.15. The summed E-state index contributed by atoms with van der Waals surface area (Å²) >= 11 is 0. The first-order valence-electron chi connectivity index (χ1n) is 5.77. The molecule has 1 aromatic rings. The van der Waals surface area contributed by atoms with E-state index in [-0.39, 0.29) is 18.4 Å². The number of nitrogens with zero attached hydrogens (tertiary/aromatic N) is 1. The van der Waals surface area contributed by atoms with Gasteiger partial charge in [0.25, 0.3) is 0 Å². The highest BCUT2D eigenvalue weighted by Crippen LogP contribution is 2.31. The van der Waals surface area contributed by atoms with Crippen molar-refractivity contribution in [2.45, 2.75) is 31.8 Å². The molecule has 0 radical (unpaired) electrons. The third-order valence-corrected chi connectivity index (χ3v) is 2.75. The van der Waals surface area contributed by atoms with Crippen molar-refractivity contribution >= 4 is 0 Å². The Hall–Kier alpha value is -1.17. The van der Waals surface area contributed by atoms with Crippen LogP contribution in [0, 0.1) is 0 Å². The van der Waals surface area contributed by atoms with E-state index in [0.717, 1.165) is 12.0 Å². The minimum atomic E-state index is -0.0798. The Morgan fingerprint density at radius 2 is 2.35 bits per heavy atom. The van der Waals surface area contributed by atoms with Crippen molar-refractivity contribution in [3.63, 3.8) is 0 Å². The fourth-order valence-corrected chi connectivity index (χ4v) is 1.72. The zero-order valence-corrected chi connectivity index (χ0v) is 10.1. The second kappa shape index (κ2) is 5.44. The van der Waals surface area contributed by atoms with Crippen LogP contribution in [-0.2, 0) is 9.47 Å². The largest absolute Gasteiger partial charge is 0.481 e. The molecule has 0 aromatic carbocycles. The Bertz CT molecular complexity index is 355. The Morgan fingerprint density at radius 3 is 2.94 bits per heavy atom. The molecule has 5 heteroatoms. The summed E-state index contributed by atoms with van der Waals surface area (Å²) in [5, 5.41) is 0. The van der Waals surface area contributed by atoms with Crippen LogP contribution in [0.2, 0.25) is 0 Å². The van der Waals surface area contributed by atoms with E-state index >= 15 is 0 Å². The predicted octanol–water partition coefficient (Wildman–Crippen LogP) is 1.24. The molecule has 2 heterocycles. The summed E-state index contributed by atoms with van der Waals surface area (Å²) in [5.41, 5.74) is 7.05. The van der Waals surface area contributed by atoms with Gasteiger partial charge in [-0.25, -0.2) is 4.98 Å². The molecule has 94 valence electrons. The molecule has 0 bridgehead atoms. The quantitative estimate of drug-likeness (QED) is 0.755. The van der Waals surface area contributed by atoms with Gasteiger partial charge < -0.3 is 19.9 Å². The van der Waals surface area contributed by atoms with Gasteiger partial charge in [-0.1, -0.05) is 6.07 Å². The van der Waals surface area contributed by atoms with Crippen molar-refractivity contribution in [1.82, 2.24) is 4.98 Å². The van der Waals surface area contributed by atoms with Gasteiger partial charge in [0.05, 0.1) is 7.11 Å². The summed E-state index contributed by atoms with van der Waals surface area (Å²) in [7, 11) is 1.59. The standard InChI is InChI=1S/C12H18N2O3/c1-3-16-12-10(17-12)6-9(13)8-4-5-11(15-2)14-7-8/h4-5,7,9-10,12H,3,6,13H2,1-2H3/t9-,10?,12?/m0/s1. The molecule has 1 aromatic heterocycles. The van der Waals surface area contributed by atoms with Gasteiger partial charge in [0.15, 0.2) is 6.29 Å². The molecule has 2 N–H and O–H groups in total. The third-order valence-electron chi connectivity index (χ3n) is 2.75. The molecule has 0 aliphatic carbocycles. The topological polar surface area (TPSA) is 69.9 Å². The zero-order valence-electron chi connectivity index (χ0n) is 10.1. The van der Waals surface area contributed by atoms with Crippen LogP contribution in [0.3, 0.4) is 0 Å². The van der Waals surface area contributed by atoms with Crippen molar-refractivity contribution in [3.05, 3.63) is 23.9 Å². The van der Waals surface area contributed by atoms with Gasteiger partial charge in [0, 0.05) is 24.9 Å². The summed E-state index contributed by atoms with van der Waals surface area (Å²) < 4.78 is 15.7. The molecule has 3 atom stereocenters. The van der Waals surface area contributed by atoms with Gasteiger partial charge >= 0.3 is 0 Å². The Balaban J connectivity index is 1.85. The number of epoxide rings is 1. The van der Waals surface area contributed by atoms with Crippen molar-refractivity contribution in [1.29, 1.82) is 0 Å². The normalized spacial score (nSPS) is 24.4. The number of hydrogen-bond acceptors (Lipinski definition) is 5. The number of pyridine rings is 1. The molecule has 0 amide bonds. The lowest BCUT2D eigenvalue weighted by Crippen LogP contribution is -2.14. The molecule has 0 spiro atoms. The molecule has 17 heavy (non-hydrogen) atoms. The highest BCUT2D eigenvalue weighted by atomic mass is 16.8. The first-order valence-corrected chi connectivity index (χ1v) is 5.77. The number of aromatic nitrogens is 1. The number of nitrogens with two attached hydrogens (primary N) is 1. The van der Waals surface area contributed by atoms with Gasteiger partial charge in [0.2, 0.25) is 5.88 Å². The lowest BCUT2D eigenvalue weighted by Gasteiger charge is -2.10. The summed E-state index contributed by atoms with van der Waals surface area (Å²) in [5.74, 6) is 0.593. The highest BCUT2D eigenvalue weighted by Gasteiger charge is 2.40. The van der Waals surface area contributed by atoms with Crippen LogP contribution in [-0.4, -0.2) is 31.1 Å². The molecule has 2 rings (SSSR count). The van der Waals surface area contributed by atoms with Crippen LogP contribution in [0.1, 0.15) is 24.9 Å². The van der Waals surface area contributed by atoms with Gasteiger partial charge in [0.1, 0.15) is 6.10 Å². The van der Waals surface area contributed by atoms with Crippen molar-refractivity contribution in [2.75, 3.05) is 13.7 Å². The molecule has 1 fully saturated rings. The fraction of sp³-hybridized carbons (Fsp3) is 0.583. The summed E-state index contributed by atoms with van der Waals surface area (Å²) in [6.45, 7) is 2.62. The van der Waals surface area contributed by atoms with Gasteiger partial charge in [-0.05, 0) is 18.9 Å². The molecule has 1 saturated heterocycles. The molecule has 1 aliphatic heterocycles. The lowest BCUT2D eigenvalue weighted by atomic mass is 10.1. The minimum Gasteiger partial charge on any atom is -0.481 e. The Morgan fingerprint density at radius 1 is 1.53 bits per heavy atom. The van der Waals surface area contributed by atoms with E-state index in [1.807, 2.05) is 19.1 Å². The van der Waals surface area contributed by atoms with Crippen molar-refractivity contribution in [2.24, 2.45) is 5.73 Å². The highest BCUT2D eigenvalue weighted by molar-refractivity contribution is 5.20. The van der Waals surface area contributed by atoms with Crippen LogP contribution >= 0.6 is 0 Å². The summed E-state index contributed by atoms with van der Waals surface area (Å²) in [6.07, 6.45) is 2.53. The maximum Gasteiger partial charge on any atom is 0.212 e. The number of methoxy groups -OCH3 is 1. The average Bonchev–Trinajstić information content (AvgIpc) is 3.08. The molecular weight excluding hydrogens is 220 g/mol. The van der Waals surface area contributed by atoms with Crippen LogP contribution in [0.4, 0.5) is 0 Å². The first-order chi connectivity index (χ1) is 8.24. The maximum absolute atomic E-state index is 6.07. The summed E-state index contributed by atoms with van der Waals surface area (Å²) in [6, 6.07) is 3.65. The average molecular weight is 238 g/mol. The van der Waals surface area contributed by atoms with Gasteiger partial charge in [-0.2, -0.15) is 0 Å². The van der Waals surface area contributed by atoms with Crippen LogP contribution in [0.15, 0.2) is 18.3 Å². The Labute approximate surface area is 101 Å². The second-order valence-electron chi connectivity index (χ2n) is 3.97. The van der Waals surface area contributed by atoms with E-state index in [2.05, 4.69) is 4.98 Å². The zero-order chi connectivity index (χ0) is 12.3. The van der Waals surface area contributed by atoms with Crippen LogP contribution < -0.4 is 10.5 Å². The van der Waals surface area contributed by atoms with Crippen LogP contribution in [0.5, 0.6) is 5.88 Å². The molecule has 0 saturated carbocycles. The second-order valence-corrected chi connectivity index (χ2v) is 3.97. The lowest BCUT2D eigenvalue weighted by molar-refractivity contribution is 0.0593. The summed E-state index contributed by atoms with van der Waals surface area (Å²) in [4.78, 5) is 4.13. The van der Waals surface area contributed by atoms with E-state index in [4.69, 9.17) is 19.9 Å². The van der Waals surface area contributed by atoms with E-state index in [1.54, 1.807) is 13.3 Å². The Kier molecular flexibility index (Phi) is 3.93. The monoisotopic (exact) mass is 238 g/mol. The predicted molar refractivity (Wildman–Crippen MR) is 62.6 cm³/mol. The van der Waals surface area contributed by atoms with E-state index in [1.165, 1.54) is 0 Å². The SMILES string of the molecule is CCOC1OC1C[C@H](N)c1ccc(OC)nc1. The number of rotatable bonds is 6. The number of hydrogen-bond donors (Lipinski definition) is 1. The molecule has 1 aliphatic rings.